The van der Waals surface area contributed by atoms with Gasteiger partial charge in [0.15, 0.2) is 0 Å². The van der Waals surface area contributed by atoms with Crippen molar-refractivity contribution in [2.75, 3.05) is 32.5 Å². The number of carboxylic acids is 1. The number of fused-ring (bicyclic) bond motifs is 1. The summed E-state index contributed by atoms with van der Waals surface area (Å²) in [6.07, 6.45) is 7.35. The van der Waals surface area contributed by atoms with Crippen molar-refractivity contribution in [1.29, 1.82) is 0 Å². The van der Waals surface area contributed by atoms with Crippen LogP contribution in [0.2, 0.25) is 0 Å². The minimum Gasteiger partial charge on any atom is -0.497 e. The van der Waals surface area contributed by atoms with Gasteiger partial charge in [-0.2, -0.15) is 0 Å². The van der Waals surface area contributed by atoms with E-state index in [1.807, 2.05) is 30.1 Å². The van der Waals surface area contributed by atoms with Crippen molar-refractivity contribution in [1.82, 2.24) is 9.88 Å². The maximum atomic E-state index is 11.3. The second kappa shape index (κ2) is 13.1. The third-order valence-electron chi connectivity index (χ3n) is 7.52. The molecule has 0 radical (unpaired) electrons. The minimum atomic E-state index is -0.682. The standard InChI is InChI=1S/C30H38N2O3S/c1-22-6-3-4-9-29(22)36-19-18-32-17-15-23(25(21-32)10-13-30(33)34)7-5-8-24-14-16-31-28-12-11-26(35-2)20-27(24)28/h3-4,6,9,11-12,14,16,20,23,25H,5,7-8,10,13,15,17-19,21H2,1-2H3,(H,33,34). The van der Waals surface area contributed by atoms with Crippen LogP contribution in [0.15, 0.2) is 59.6 Å². The van der Waals surface area contributed by atoms with Gasteiger partial charge in [-0.05, 0) is 98.9 Å². The van der Waals surface area contributed by atoms with Crippen LogP contribution in [-0.2, 0) is 11.2 Å². The number of pyridine rings is 1. The molecule has 1 N–H and O–H groups in total. The number of aromatic nitrogens is 1. The van der Waals surface area contributed by atoms with Gasteiger partial charge in [0.25, 0.3) is 0 Å². The first kappa shape index (κ1) is 26.5. The summed E-state index contributed by atoms with van der Waals surface area (Å²) in [5.41, 5.74) is 3.65. The van der Waals surface area contributed by atoms with Crippen LogP contribution in [-0.4, -0.2) is 53.5 Å². The van der Waals surface area contributed by atoms with Gasteiger partial charge in [0, 0.05) is 41.7 Å². The van der Waals surface area contributed by atoms with Crippen LogP contribution < -0.4 is 4.74 Å². The third kappa shape index (κ3) is 7.23. The Morgan fingerprint density at radius 2 is 2.03 bits per heavy atom. The molecule has 2 heterocycles. The average molecular weight is 507 g/mol. The Hall–Kier alpha value is -2.57. The van der Waals surface area contributed by atoms with Crippen LogP contribution in [0, 0.1) is 18.8 Å². The summed E-state index contributed by atoms with van der Waals surface area (Å²) >= 11 is 1.93. The molecule has 1 aromatic heterocycles. The van der Waals surface area contributed by atoms with Gasteiger partial charge < -0.3 is 14.7 Å². The molecule has 3 aromatic rings. The van der Waals surface area contributed by atoms with Crippen molar-refractivity contribution in [3.05, 3.63) is 65.9 Å². The molecule has 1 fully saturated rings. The molecule has 192 valence electrons. The molecule has 5 nitrogen and oxygen atoms in total. The normalized spacial score (nSPS) is 18.4. The molecule has 1 aliphatic rings. The molecule has 0 amide bonds. The van der Waals surface area contributed by atoms with Crippen LogP contribution in [0.1, 0.15) is 43.2 Å². The number of rotatable bonds is 12. The lowest BCUT2D eigenvalue weighted by Crippen LogP contribution is -2.41. The number of hydrogen-bond acceptors (Lipinski definition) is 5. The van der Waals surface area contributed by atoms with E-state index in [4.69, 9.17) is 4.74 Å². The Labute approximate surface area is 219 Å². The van der Waals surface area contributed by atoms with E-state index in [-0.39, 0.29) is 6.42 Å². The molecule has 2 atom stereocenters. The Morgan fingerprint density at radius 3 is 2.83 bits per heavy atom. The number of thioether (sulfide) groups is 1. The van der Waals surface area contributed by atoms with Crippen molar-refractivity contribution in [2.24, 2.45) is 11.8 Å². The molecular weight excluding hydrogens is 468 g/mol. The van der Waals surface area contributed by atoms with Crippen molar-refractivity contribution >= 4 is 28.6 Å². The van der Waals surface area contributed by atoms with E-state index in [9.17, 15) is 9.90 Å². The molecule has 0 aliphatic carbocycles. The van der Waals surface area contributed by atoms with Crippen molar-refractivity contribution in [3.63, 3.8) is 0 Å². The van der Waals surface area contributed by atoms with Gasteiger partial charge in [-0.25, -0.2) is 0 Å². The fraction of sp³-hybridized carbons (Fsp3) is 0.467. The van der Waals surface area contributed by atoms with Gasteiger partial charge in [-0.3, -0.25) is 9.78 Å². The van der Waals surface area contributed by atoms with Crippen molar-refractivity contribution in [3.8, 4) is 5.75 Å². The lowest BCUT2D eigenvalue weighted by Gasteiger charge is -2.39. The number of methoxy groups -OCH3 is 1. The Balaban J connectivity index is 1.32. The molecule has 2 unspecified atom stereocenters. The van der Waals surface area contributed by atoms with E-state index >= 15 is 0 Å². The first-order chi connectivity index (χ1) is 17.5. The molecule has 0 spiro atoms. The first-order valence-corrected chi connectivity index (χ1v) is 14.1. The van der Waals surface area contributed by atoms with E-state index in [1.54, 1.807) is 7.11 Å². The lowest BCUT2D eigenvalue weighted by atomic mass is 9.79. The monoisotopic (exact) mass is 506 g/mol. The summed E-state index contributed by atoms with van der Waals surface area (Å²) in [4.78, 5) is 19.8. The smallest absolute Gasteiger partial charge is 0.303 e. The number of aryl methyl sites for hydroxylation is 2. The summed E-state index contributed by atoms with van der Waals surface area (Å²) in [5, 5.41) is 10.5. The highest BCUT2D eigenvalue weighted by atomic mass is 32.2. The van der Waals surface area contributed by atoms with Gasteiger partial charge in [0.1, 0.15) is 5.75 Å². The maximum absolute atomic E-state index is 11.3. The first-order valence-electron chi connectivity index (χ1n) is 13.1. The summed E-state index contributed by atoms with van der Waals surface area (Å²) in [6.45, 7) is 5.35. The van der Waals surface area contributed by atoms with Crippen molar-refractivity contribution in [2.45, 2.75) is 50.3 Å². The fourth-order valence-corrected chi connectivity index (χ4v) is 6.50. The van der Waals surface area contributed by atoms with Gasteiger partial charge >= 0.3 is 5.97 Å². The average Bonchev–Trinajstić information content (AvgIpc) is 2.89. The molecular formula is C30H38N2O3S. The summed E-state index contributed by atoms with van der Waals surface area (Å²) in [5.74, 6) is 2.29. The predicted molar refractivity (Wildman–Crippen MR) is 148 cm³/mol. The number of piperidine rings is 1. The largest absolute Gasteiger partial charge is 0.497 e. The van der Waals surface area contributed by atoms with E-state index < -0.39 is 5.97 Å². The second-order valence-electron chi connectivity index (χ2n) is 9.90. The molecule has 1 saturated heterocycles. The molecule has 36 heavy (non-hydrogen) atoms. The predicted octanol–water partition coefficient (Wildman–Crippen LogP) is 6.47. The van der Waals surface area contributed by atoms with Gasteiger partial charge in [0.2, 0.25) is 0 Å². The Bertz CT molecular complexity index is 1150. The lowest BCUT2D eigenvalue weighted by molar-refractivity contribution is -0.137. The van der Waals surface area contributed by atoms with Crippen LogP contribution >= 0.6 is 11.8 Å². The number of nitrogens with zero attached hydrogens (tertiary/aromatic N) is 2. The summed E-state index contributed by atoms with van der Waals surface area (Å²) in [6, 6.07) is 16.7. The minimum absolute atomic E-state index is 0.266. The van der Waals surface area contributed by atoms with Crippen molar-refractivity contribution < 1.29 is 14.6 Å². The molecule has 1 aliphatic heterocycles. The molecule has 6 heteroatoms. The zero-order chi connectivity index (χ0) is 25.3. The number of benzene rings is 2. The van der Waals surface area contributed by atoms with Gasteiger partial charge in [-0.1, -0.05) is 18.2 Å². The number of carbonyl (C=O) groups is 1. The summed E-state index contributed by atoms with van der Waals surface area (Å²) < 4.78 is 5.42. The number of ether oxygens (including phenoxy) is 1. The van der Waals surface area contributed by atoms with Gasteiger partial charge in [-0.15, -0.1) is 11.8 Å². The van der Waals surface area contributed by atoms with Crippen LogP contribution in [0.3, 0.4) is 0 Å². The molecule has 4 rings (SSSR count). The van der Waals surface area contributed by atoms with E-state index in [0.29, 0.717) is 11.8 Å². The molecule has 2 aromatic carbocycles. The quantitative estimate of drug-likeness (QED) is 0.284. The van der Waals surface area contributed by atoms with Crippen LogP contribution in [0.5, 0.6) is 5.75 Å². The highest BCUT2D eigenvalue weighted by Crippen LogP contribution is 2.33. The second-order valence-corrected chi connectivity index (χ2v) is 11.0. The fourth-order valence-electron chi connectivity index (χ4n) is 5.46. The number of aliphatic carboxylic acids is 1. The van der Waals surface area contributed by atoms with E-state index in [1.165, 1.54) is 21.4 Å². The topological polar surface area (TPSA) is 62.7 Å². The number of likely N-dealkylation sites (tertiary alicyclic amines) is 1. The van der Waals surface area contributed by atoms with E-state index in [0.717, 1.165) is 68.8 Å². The number of carboxylic acid groups (broad SMARTS) is 1. The van der Waals surface area contributed by atoms with Gasteiger partial charge in [0.05, 0.1) is 12.6 Å². The maximum Gasteiger partial charge on any atom is 0.303 e. The molecule has 0 saturated carbocycles. The summed E-state index contributed by atoms with van der Waals surface area (Å²) in [7, 11) is 1.70. The highest BCUT2D eigenvalue weighted by molar-refractivity contribution is 7.99. The molecule has 0 bridgehead atoms. The zero-order valence-electron chi connectivity index (χ0n) is 21.5. The third-order valence-corrected chi connectivity index (χ3v) is 8.68. The Morgan fingerprint density at radius 1 is 1.17 bits per heavy atom. The van der Waals surface area contributed by atoms with Crippen LogP contribution in [0.25, 0.3) is 10.9 Å². The van der Waals surface area contributed by atoms with Crippen LogP contribution in [0.4, 0.5) is 0 Å². The number of hydrogen-bond donors (Lipinski definition) is 1. The SMILES string of the molecule is COc1ccc2nccc(CCCC3CCN(CCSc4ccccc4C)CC3CCC(=O)O)c2c1. The highest BCUT2D eigenvalue weighted by Gasteiger charge is 2.29. The zero-order valence-corrected chi connectivity index (χ0v) is 22.3. The van der Waals surface area contributed by atoms with E-state index in [2.05, 4.69) is 53.2 Å². The Kier molecular flexibility index (Phi) is 9.65.